The molecule has 1 aliphatic carbocycles. The van der Waals surface area contributed by atoms with Gasteiger partial charge in [0.2, 0.25) is 0 Å². The molecular weight excluding hydrogens is 239 g/mol. The smallest absolute Gasteiger partial charge is 0.272 e. The largest absolute Gasteiger partial charge is 0.486 e. The fraction of sp³-hybridized carbons (Fsp3) is 0.500. The molecule has 5 nitrogen and oxygen atoms in total. The number of nitro groups is 1. The monoisotopic (exact) mass is 254 g/mol. The summed E-state index contributed by atoms with van der Waals surface area (Å²) in [6.45, 7) is 0. The van der Waals surface area contributed by atoms with Crippen molar-refractivity contribution in [1.82, 2.24) is 0 Å². The van der Waals surface area contributed by atoms with Crippen molar-refractivity contribution in [3.8, 4) is 5.75 Å². The molecular formula is C12H15FN2O3. The predicted molar refractivity (Wildman–Crippen MR) is 63.9 cm³/mol. The molecule has 0 amide bonds. The minimum absolute atomic E-state index is 0.0305. The molecule has 2 atom stereocenters. The summed E-state index contributed by atoms with van der Waals surface area (Å²) in [6, 6.07) is 3.28. The van der Waals surface area contributed by atoms with Crippen LogP contribution in [0.15, 0.2) is 18.2 Å². The highest BCUT2D eigenvalue weighted by molar-refractivity contribution is 5.37. The summed E-state index contributed by atoms with van der Waals surface area (Å²) in [5.41, 5.74) is 5.61. The molecule has 0 aliphatic heterocycles. The molecule has 2 N–H and O–H groups in total. The molecule has 0 spiro atoms. The maximum absolute atomic E-state index is 13.6. The molecule has 2 rings (SSSR count). The molecule has 6 heteroatoms. The predicted octanol–water partition coefficient (Wildman–Crippen LogP) is 2.38. The SMILES string of the molecule is NC1CCCCC1Oc1ccc([N+](=O)[O-])cc1F. The van der Waals surface area contributed by atoms with Crippen LogP contribution < -0.4 is 10.5 Å². The van der Waals surface area contributed by atoms with Crippen LogP contribution in [-0.4, -0.2) is 17.1 Å². The maximum Gasteiger partial charge on any atom is 0.272 e. The number of halogens is 1. The van der Waals surface area contributed by atoms with E-state index in [1.54, 1.807) is 0 Å². The molecule has 1 aromatic carbocycles. The van der Waals surface area contributed by atoms with Crippen molar-refractivity contribution >= 4 is 5.69 Å². The number of hydrogen-bond donors (Lipinski definition) is 1. The number of nitro benzene ring substituents is 1. The highest BCUT2D eigenvalue weighted by Gasteiger charge is 2.24. The Morgan fingerprint density at radius 1 is 1.39 bits per heavy atom. The number of nitrogens with zero attached hydrogens (tertiary/aromatic N) is 1. The summed E-state index contributed by atoms with van der Waals surface area (Å²) in [7, 11) is 0. The Morgan fingerprint density at radius 2 is 2.11 bits per heavy atom. The summed E-state index contributed by atoms with van der Waals surface area (Å²) < 4.78 is 19.1. The highest BCUT2D eigenvalue weighted by Crippen LogP contribution is 2.27. The molecule has 18 heavy (non-hydrogen) atoms. The van der Waals surface area contributed by atoms with Crippen LogP contribution in [0.3, 0.4) is 0 Å². The topological polar surface area (TPSA) is 78.4 Å². The summed E-state index contributed by atoms with van der Waals surface area (Å²) in [5.74, 6) is -0.690. The van der Waals surface area contributed by atoms with Crippen molar-refractivity contribution in [2.45, 2.75) is 37.8 Å². The Balaban J connectivity index is 2.11. The minimum atomic E-state index is -0.720. The third kappa shape index (κ3) is 2.76. The molecule has 0 saturated heterocycles. The second-order valence-corrected chi connectivity index (χ2v) is 4.48. The maximum atomic E-state index is 13.6. The third-order valence-electron chi connectivity index (χ3n) is 3.16. The molecule has 1 fully saturated rings. The summed E-state index contributed by atoms with van der Waals surface area (Å²) in [5, 5.41) is 10.5. The lowest BCUT2D eigenvalue weighted by molar-refractivity contribution is -0.385. The van der Waals surface area contributed by atoms with E-state index in [1.165, 1.54) is 12.1 Å². The summed E-state index contributed by atoms with van der Waals surface area (Å²) >= 11 is 0. The van der Waals surface area contributed by atoms with Gasteiger partial charge in [0.25, 0.3) is 5.69 Å². The van der Waals surface area contributed by atoms with Crippen LogP contribution >= 0.6 is 0 Å². The van der Waals surface area contributed by atoms with Crippen LogP contribution in [0.25, 0.3) is 0 Å². The van der Waals surface area contributed by atoms with Gasteiger partial charge in [0.1, 0.15) is 6.10 Å². The zero-order valence-corrected chi connectivity index (χ0v) is 9.84. The van der Waals surface area contributed by atoms with Crippen molar-refractivity contribution in [3.05, 3.63) is 34.1 Å². The van der Waals surface area contributed by atoms with Crippen LogP contribution in [0.1, 0.15) is 25.7 Å². The van der Waals surface area contributed by atoms with Crippen molar-refractivity contribution in [2.24, 2.45) is 5.73 Å². The van der Waals surface area contributed by atoms with Gasteiger partial charge < -0.3 is 10.5 Å². The van der Waals surface area contributed by atoms with Crippen LogP contribution in [0.5, 0.6) is 5.75 Å². The zero-order chi connectivity index (χ0) is 13.1. The first kappa shape index (κ1) is 12.8. The van der Waals surface area contributed by atoms with E-state index in [0.29, 0.717) is 0 Å². The highest BCUT2D eigenvalue weighted by atomic mass is 19.1. The number of ether oxygens (including phenoxy) is 1. The van der Waals surface area contributed by atoms with Gasteiger partial charge in [-0.25, -0.2) is 4.39 Å². The van der Waals surface area contributed by atoms with Gasteiger partial charge >= 0.3 is 0 Å². The van der Waals surface area contributed by atoms with Crippen LogP contribution in [0, 0.1) is 15.9 Å². The Morgan fingerprint density at radius 3 is 2.72 bits per heavy atom. The first-order valence-electron chi connectivity index (χ1n) is 5.94. The first-order chi connectivity index (χ1) is 8.58. The van der Waals surface area contributed by atoms with Gasteiger partial charge in [0.15, 0.2) is 11.6 Å². The molecule has 1 aliphatic rings. The zero-order valence-electron chi connectivity index (χ0n) is 9.84. The second kappa shape index (κ2) is 5.30. The van der Waals surface area contributed by atoms with Crippen molar-refractivity contribution in [2.75, 3.05) is 0 Å². The lowest BCUT2D eigenvalue weighted by atomic mass is 9.93. The molecule has 98 valence electrons. The van der Waals surface area contributed by atoms with Crippen LogP contribution in [-0.2, 0) is 0 Å². The average molecular weight is 254 g/mol. The van der Waals surface area contributed by atoms with Crippen molar-refractivity contribution in [1.29, 1.82) is 0 Å². The molecule has 1 saturated carbocycles. The molecule has 0 bridgehead atoms. The lowest BCUT2D eigenvalue weighted by Crippen LogP contribution is -2.41. The van der Waals surface area contributed by atoms with E-state index in [0.717, 1.165) is 31.7 Å². The quantitative estimate of drug-likeness (QED) is 0.663. The van der Waals surface area contributed by atoms with Gasteiger partial charge in [-0.2, -0.15) is 0 Å². The first-order valence-corrected chi connectivity index (χ1v) is 5.94. The standard InChI is InChI=1S/C12H15FN2O3/c13-9-7-8(15(16)17)5-6-11(9)18-12-4-2-1-3-10(12)14/h5-7,10,12H,1-4,14H2. The number of rotatable bonds is 3. The summed E-state index contributed by atoms with van der Waals surface area (Å²) in [6.07, 6.45) is 3.50. The Hall–Kier alpha value is -1.69. The van der Waals surface area contributed by atoms with Gasteiger partial charge in [-0.3, -0.25) is 10.1 Å². The van der Waals surface area contributed by atoms with E-state index in [-0.39, 0.29) is 23.6 Å². The van der Waals surface area contributed by atoms with E-state index in [9.17, 15) is 14.5 Å². The second-order valence-electron chi connectivity index (χ2n) is 4.48. The van der Waals surface area contributed by atoms with Gasteiger partial charge in [-0.1, -0.05) is 6.42 Å². The molecule has 1 aromatic rings. The fourth-order valence-corrected chi connectivity index (χ4v) is 2.13. The van der Waals surface area contributed by atoms with Gasteiger partial charge in [0, 0.05) is 12.1 Å². The number of benzene rings is 1. The van der Waals surface area contributed by atoms with Crippen LogP contribution in [0.4, 0.5) is 10.1 Å². The van der Waals surface area contributed by atoms with Gasteiger partial charge in [-0.15, -0.1) is 0 Å². The van der Waals surface area contributed by atoms with E-state index in [1.807, 2.05) is 0 Å². The van der Waals surface area contributed by atoms with Gasteiger partial charge in [-0.05, 0) is 25.3 Å². The Kier molecular flexibility index (Phi) is 3.76. The number of nitrogens with two attached hydrogens (primary N) is 1. The fourth-order valence-electron chi connectivity index (χ4n) is 2.13. The Bertz CT molecular complexity index is 453. The molecule has 2 unspecified atom stereocenters. The van der Waals surface area contributed by atoms with Crippen molar-refractivity contribution < 1.29 is 14.1 Å². The Labute approximate surface area is 104 Å². The lowest BCUT2D eigenvalue weighted by Gasteiger charge is -2.29. The minimum Gasteiger partial charge on any atom is -0.486 e. The van der Waals surface area contributed by atoms with E-state index in [4.69, 9.17) is 10.5 Å². The van der Waals surface area contributed by atoms with Crippen LogP contribution in [0.2, 0.25) is 0 Å². The molecule has 0 heterocycles. The summed E-state index contributed by atoms with van der Waals surface area (Å²) in [4.78, 5) is 9.84. The third-order valence-corrected chi connectivity index (χ3v) is 3.16. The van der Waals surface area contributed by atoms with E-state index >= 15 is 0 Å². The average Bonchev–Trinajstić information content (AvgIpc) is 2.34. The van der Waals surface area contributed by atoms with Gasteiger partial charge in [0.05, 0.1) is 11.0 Å². The normalized spacial score (nSPS) is 23.7. The number of hydrogen-bond acceptors (Lipinski definition) is 4. The molecule has 0 aromatic heterocycles. The molecule has 0 radical (unpaired) electrons. The number of non-ortho nitro benzene ring substituents is 1. The van der Waals surface area contributed by atoms with E-state index in [2.05, 4.69) is 0 Å². The van der Waals surface area contributed by atoms with Crippen molar-refractivity contribution in [3.63, 3.8) is 0 Å². The van der Waals surface area contributed by atoms with E-state index < -0.39 is 10.7 Å².